The molecule has 0 bridgehead atoms. The van der Waals surface area contributed by atoms with Crippen LogP contribution in [0.4, 0.5) is 4.39 Å². The molecule has 0 saturated carbocycles. The summed E-state index contributed by atoms with van der Waals surface area (Å²) in [6, 6.07) is 17.2. The fraction of sp³-hybridized carbons (Fsp3) is 0.458. The zero-order chi connectivity index (χ0) is 21.2. The molecule has 1 heterocycles. The lowest BCUT2D eigenvalue weighted by molar-refractivity contribution is 0.0355. The molecule has 30 heavy (non-hydrogen) atoms. The third-order valence-corrected chi connectivity index (χ3v) is 5.54. The largest absolute Gasteiger partial charge is 0.381 e. The van der Waals surface area contributed by atoms with E-state index in [9.17, 15) is 4.39 Å². The van der Waals surface area contributed by atoms with Crippen molar-refractivity contribution in [2.45, 2.75) is 44.8 Å². The van der Waals surface area contributed by atoms with Gasteiger partial charge in [0.05, 0.1) is 6.54 Å². The maximum absolute atomic E-state index is 13.1. The zero-order valence-electron chi connectivity index (χ0n) is 18.0. The highest BCUT2D eigenvalue weighted by atomic mass is 19.1. The van der Waals surface area contributed by atoms with Crippen LogP contribution < -0.4 is 16.0 Å². The van der Waals surface area contributed by atoms with Crippen LogP contribution >= 0.6 is 0 Å². The van der Waals surface area contributed by atoms with E-state index in [1.54, 1.807) is 12.1 Å². The fourth-order valence-corrected chi connectivity index (χ4v) is 3.77. The van der Waals surface area contributed by atoms with E-state index in [1.165, 1.54) is 17.7 Å². The Hall–Kier alpha value is -2.44. The first-order chi connectivity index (χ1) is 14.6. The molecule has 0 amide bonds. The third kappa shape index (κ3) is 6.54. The Morgan fingerprint density at radius 1 is 1.07 bits per heavy atom. The average molecular weight is 413 g/mol. The van der Waals surface area contributed by atoms with Gasteiger partial charge in [0.25, 0.3) is 0 Å². The normalized spacial score (nSPS) is 17.4. The van der Waals surface area contributed by atoms with E-state index in [1.807, 2.05) is 6.07 Å². The second-order valence-electron chi connectivity index (χ2n) is 7.84. The van der Waals surface area contributed by atoms with Gasteiger partial charge in [0.1, 0.15) is 5.82 Å². The Labute approximate surface area is 179 Å². The van der Waals surface area contributed by atoms with Crippen LogP contribution in [0.5, 0.6) is 0 Å². The summed E-state index contributed by atoms with van der Waals surface area (Å²) in [4.78, 5) is 4.68. The molecule has 2 aromatic carbocycles. The molecule has 162 valence electrons. The third-order valence-electron chi connectivity index (χ3n) is 5.54. The summed E-state index contributed by atoms with van der Waals surface area (Å²) in [6.07, 6.45) is 1.88. The number of nitrogens with one attached hydrogen (secondary N) is 3. The van der Waals surface area contributed by atoms with E-state index in [4.69, 9.17) is 4.74 Å². The highest BCUT2D eigenvalue weighted by Gasteiger charge is 2.34. The first kappa shape index (κ1) is 22.2. The maximum Gasteiger partial charge on any atom is 0.191 e. The standard InChI is InChI=1S/C24H33FN4O/c1-3-26-23(27-17-20-9-11-22(25)12-10-20)28-18-24(13-15-30-16-14-24)29-19(2)21-7-5-4-6-8-21/h4-12,19,29H,3,13-18H2,1-2H3,(H2,26,27,28). The molecule has 0 aromatic heterocycles. The summed E-state index contributed by atoms with van der Waals surface area (Å²) in [7, 11) is 0. The monoisotopic (exact) mass is 412 g/mol. The Bertz CT molecular complexity index is 789. The van der Waals surface area contributed by atoms with Crippen LogP contribution in [0.2, 0.25) is 0 Å². The molecule has 1 fully saturated rings. The van der Waals surface area contributed by atoms with Gasteiger partial charge in [-0.25, -0.2) is 9.38 Å². The molecule has 0 spiro atoms. The highest BCUT2D eigenvalue weighted by molar-refractivity contribution is 5.79. The van der Waals surface area contributed by atoms with Crippen LogP contribution in [-0.2, 0) is 11.3 Å². The summed E-state index contributed by atoms with van der Waals surface area (Å²) < 4.78 is 18.8. The minimum absolute atomic E-state index is 0.0699. The Morgan fingerprint density at radius 3 is 2.43 bits per heavy atom. The first-order valence-corrected chi connectivity index (χ1v) is 10.8. The van der Waals surface area contributed by atoms with Crippen molar-refractivity contribution in [3.63, 3.8) is 0 Å². The highest BCUT2D eigenvalue weighted by Crippen LogP contribution is 2.25. The van der Waals surface area contributed by atoms with Crippen LogP contribution in [0.1, 0.15) is 43.9 Å². The van der Waals surface area contributed by atoms with Gasteiger partial charge in [-0.05, 0) is 49.9 Å². The van der Waals surface area contributed by atoms with Gasteiger partial charge >= 0.3 is 0 Å². The van der Waals surface area contributed by atoms with Crippen molar-refractivity contribution in [2.24, 2.45) is 4.99 Å². The van der Waals surface area contributed by atoms with E-state index in [2.05, 4.69) is 59.1 Å². The average Bonchev–Trinajstić information content (AvgIpc) is 2.78. The van der Waals surface area contributed by atoms with Crippen molar-refractivity contribution in [2.75, 3.05) is 26.3 Å². The van der Waals surface area contributed by atoms with Crippen molar-refractivity contribution in [1.82, 2.24) is 16.0 Å². The summed E-state index contributed by atoms with van der Waals surface area (Å²) in [5.41, 5.74) is 2.19. The lowest BCUT2D eigenvalue weighted by atomic mass is 9.88. The summed E-state index contributed by atoms with van der Waals surface area (Å²) >= 11 is 0. The number of benzene rings is 2. The lowest BCUT2D eigenvalue weighted by Gasteiger charge is -2.41. The van der Waals surface area contributed by atoms with E-state index in [-0.39, 0.29) is 17.4 Å². The Balaban J connectivity index is 1.66. The van der Waals surface area contributed by atoms with Gasteiger partial charge in [0, 0.05) is 37.9 Å². The number of hydrogen-bond acceptors (Lipinski definition) is 3. The quantitative estimate of drug-likeness (QED) is 0.456. The SMILES string of the molecule is CCNC(=NCc1ccc(F)cc1)NCC1(NC(C)c2ccccc2)CCOCC1. The number of nitrogens with zero attached hydrogens (tertiary/aromatic N) is 1. The molecule has 1 unspecified atom stereocenters. The second kappa shape index (κ2) is 11.1. The molecule has 6 heteroatoms. The number of aliphatic imine (C=N–C) groups is 1. The zero-order valence-corrected chi connectivity index (χ0v) is 18.0. The van der Waals surface area contributed by atoms with Crippen molar-refractivity contribution < 1.29 is 9.13 Å². The van der Waals surface area contributed by atoms with E-state index in [0.717, 1.165) is 50.7 Å². The maximum atomic E-state index is 13.1. The van der Waals surface area contributed by atoms with E-state index >= 15 is 0 Å². The van der Waals surface area contributed by atoms with E-state index in [0.29, 0.717) is 6.54 Å². The van der Waals surface area contributed by atoms with Gasteiger partial charge < -0.3 is 20.7 Å². The number of halogens is 1. The predicted molar refractivity (Wildman–Crippen MR) is 120 cm³/mol. The summed E-state index contributed by atoms with van der Waals surface area (Å²) in [6.45, 7) is 7.79. The molecule has 1 saturated heterocycles. The van der Waals surface area contributed by atoms with Crippen LogP contribution in [0, 0.1) is 5.82 Å². The molecular weight excluding hydrogens is 379 g/mol. The van der Waals surface area contributed by atoms with Gasteiger partial charge in [-0.3, -0.25) is 0 Å². The molecule has 0 aliphatic carbocycles. The molecule has 0 radical (unpaired) electrons. The van der Waals surface area contributed by atoms with Gasteiger partial charge in [-0.2, -0.15) is 0 Å². The lowest BCUT2D eigenvalue weighted by Crippen LogP contribution is -2.58. The van der Waals surface area contributed by atoms with Crippen molar-refractivity contribution in [3.8, 4) is 0 Å². The Morgan fingerprint density at radius 2 is 1.77 bits per heavy atom. The molecule has 2 aromatic rings. The molecule has 5 nitrogen and oxygen atoms in total. The fourth-order valence-electron chi connectivity index (χ4n) is 3.77. The minimum Gasteiger partial charge on any atom is -0.381 e. The smallest absolute Gasteiger partial charge is 0.191 e. The van der Waals surface area contributed by atoms with Gasteiger partial charge in [0.15, 0.2) is 5.96 Å². The molecule has 3 rings (SSSR count). The van der Waals surface area contributed by atoms with Crippen LogP contribution in [0.15, 0.2) is 59.6 Å². The second-order valence-corrected chi connectivity index (χ2v) is 7.84. The molecule has 3 N–H and O–H groups in total. The molecule has 1 aliphatic heterocycles. The van der Waals surface area contributed by atoms with Crippen LogP contribution in [0.3, 0.4) is 0 Å². The Kier molecular flexibility index (Phi) is 8.22. The first-order valence-electron chi connectivity index (χ1n) is 10.8. The summed E-state index contributed by atoms with van der Waals surface area (Å²) in [5.74, 6) is 0.537. The number of rotatable bonds is 8. The minimum atomic E-state index is -0.229. The van der Waals surface area contributed by atoms with Crippen LogP contribution in [-0.4, -0.2) is 37.8 Å². The van der Waals surface area contributed by atoms with Gasteiger partial charge in [0.2, 0.25) is 0 Å². The number of ether oxygens (including phenoxy) is 1. The van der Waals surface area contributed by atoms with Crippen molar-refractivity contribution in [3.05, 3.63) is 71.5 Å². The van der Waals surface area contributed by atoms with Crippen LogP contribution in [0.25, 0.3) is 0 Å². The molecule has 1 atom stereocenters. The van der Waals surface area contributed by atoms with Crippen molar-refractivity contribution >= 4 is 5.96 Å². The predicted octanol–water partition coefficient (Wildman–Crippen LogP) is 3.78. The number of guanidine groups is 1. The molecular formula is C24H33FN4O. The van der Waals surface area contributed by atoms with Gasteiger partial charge in [-0.1, -0.05) is 42.5 Å². The van der Waals surface area contributed by atoms with Crippen molar-refractivity contribution in [1.29, 1.82) is 0 Å². The molecule has 1 aliphatic rings. The van der Waals surface area contributed by atoms with E-state index < -0.39 is 0 Å². The van der Waals surface area contributed by atoms with Gasteiger partial charge in [-0.15, -0.1) is 0 Å². The topological polar surface area (TPSA) is 57.7 Å². The summed E-state index contributed by atoms with van der Waals surface area (Å²) in [5, 5.41) is 10.7. The number of hydrogen-bond donors (Lipinski definition) is 3.